The minimum Gasteiger partial charge on any atom is -0.478 e. The van der Waals surface area contributed by atoms with Crippen molar-refractivity contribution in [3.8, 4) is 16.8 Å². The molecule has 0 bridgehead atoms. The maximum atomic E-state index is 11.4. The van der Waals surface area contributed by atoms with Crippen LogP contribution in [0.15, 0.2) is 42.7 Å². The third-order valence-electron chi connectivity index (χ3n) is 3.28. The van der Waals surface area contributed by atoms with Crippen LogP contribution in [0.25, 0.3) is 16.8 Å². The Morgan fingerprint density at radius 3 is 2.77 bits per heavy atom. The molecule has 2 aromatic carbocycles. The number of aromatic carboxylic acids is 1. The van der Waals surface area contributed by atoms with Crippen molar-refractivity contribution in [1.82, 2.24) is 20.2 Å². The first-order valence-corrected chi connectivity index (χ1v) is 6.81. The van der Waals surface area contributed by atoms with Gasteiger partial charge in [0.15, 0.2) is 0 Å². The van der Waals surface area contributed by atoms with Crippen LogP contribution in [0.1, 0.15) is 15.9 Å². The summed E-state index contributed by atoms with van der Waals surface area (Å²) in [5, 5.41) is 20.8. The van der Waals surface area contributed by atoms with Gasteiger partial charge < -0.3 is 5.11 Å². The minimum atomic E-state index is -1.03. The van der Waals surface area contributed by atoms with Gasteiger partial charge in [0.25, 0.3) is 0 Å². The number of aryl methyl sites for hydroxylation is 1. The summed E-state index contributed by atoms with van der Waals surface area (Å²) in [6.45, 7) is 1.90. The molecule has 6 nitrogen and oxygen atoms in total. The number of carboxylic acids is 1. The number of halogens is 1. The summed E-state index contributed by atoms with van der Waals surface area (Å²) in [7, 11) is 0. The number of benzene rings is 2. The van der Waals surface area contributed by atoms with E-state index in [0.717, 1.165) is 11.1 Å². The van der Waals surface area contributed by atoms with E-state index in [1.807, 2.05) is 25.1 Å². The molecule has 0 unspecified atom stereocenters. The second-order valence-corrected chi connectivity index (χ2v) is 5.14. The fourth-order valence-corrected chi connectivity index (χ4v) is 2.41. The second-order valence-electron chi connectivity index (χ2n) is 4.76. The van der Waals surface area contributed by atoms with Crippen molar-refractivity contribution in [3.05, 3.63) is 58.9 Å². The van der Waals surface area contributed by atoms with Gasteiger partial charge in [-0.25, -0.2) is 9.48 Å². The lowest BCUT2D eigenvalue weighted by Gasteiger charge is -2.10. The summed E-state index contributed by atoms with van der Waals surface area (Å²) < 4.78 is 1.40. The van der Waals surface area contributed by atoms with Gasteiger partial charge in [-0.1, -0.05) is 29.8 Å². The third-order valence-corrected chi connectivity index (χ3v) is 3.78. The van der Waals surface area contributed by atoms with Crippen LogP contribution in [0.4, 0.5) is 0 Å². The maximum Gasteiger partial charge on any atom is 0.335 e. The van der Waals surface area contributed by atoms with E-state index in [9.17, 15) is 9.90 Å². The Morgan fingerprint density at radius 2 is 2.09 bits per heavy atom. The van der Waals surface area contributed by atoms with Crippen LogP contribution >= 0.6 is 11.6 Å². The number of hydrogen-bond donors (Lipinski definition) is 1. The highest BCUT2D eigenvalue weighted by atomic mass is 35.5. The van der Waals surface area contributed by atoms with Gasteiger partial charge in [-0.3, -0.25) is 0 Å². The summed E-state index contributed by atoms with van der Waals surface area (Å²) in [6.07, 6.45) is 1.41. The van der Waals surface area contributed by atoms with E-state index in [4.69, 9.17) is 11.6 Å². The Morgan fingerprint density at radius 1 is 1.27 bits per heavy atom. The van der Waals surface area contributed by atoms with Gasteiger partial charge in [0, 0.05) is 5.56 Å². The fourth-order valence-electron chi connectivity index (χ4n) is 2.17. The molecule has 1 aromatic heterocycles. The van der Waals surface area contributed by atoms with Gasteiger partial charge >= 0.3 is 5.97 Å². The monoisotopic (exact) mass is 314 g/mol. The number of carbonyl (C=O) groups is 1. The molecule has 110 valence electrons. The van der Waals surface area contributed by atoms with Crippen LogP contribution in [-0.4, -0.2) is 31.3 Å². The molecule has 22 heavy (non-hydrogen) atoms. The zero-order chi connectivity index (χ0) is 15.7. The molecule has 1 N–H and O–H groups in total. The van der Waals surface area contributed by atoms with Gasteiger partial charge in [0.2, 0.25) is 0 Å². The molecule has 7 heteroatoms. The molecular formula is C15H11ClN4O2. The number of tetrazole rings is 1. The molecule has 0 aliphatic carbocycles. The highest BCUT2D eigenvalue weighted by Crippen LogP contribution is 2.32. The summed E-state index contributed by atoms with van der Waals surface area (Å²) >= 11 is 6.34. The first kappa shape index (κ1) is 14.2. The smallest absolute Gasteiger partial charge is 0.335 e. The Bertz CT molecular complexity index is 847. The molecular weight excluding hydrogens is 304 g/mol. The Labute approximate surface area is 131 Å². The molecule has 0 aliphatic heterocycles. The first-order chi connectivity index (χ1) is 10.6. The van der Waals surface area contributed by atoms with Crippen molar-refractivity contribution in [1.29, 1.82) is 0 Å². The zero-order valence-corrected chi connectivity index (χ0v) is 12.3. The molecule has 1 heterocycles. The standard InChI is InChI=1S/C15H11ClN4O2/c1-9-3-2-4-13(14(9)16)10-5-11(15(21)22)7-12(6-10)20-8-17-18-19-20/h2-8H,1H3,(H,21,22). The van der Waals surface area contributed by atoms with E-state index in [0.29, 0.717) is 16.3 Å². The number of nitrogens with zero attached hydrogens (tertiary/aromatic N) is 4. The lowest BCUT2D eigenvalue weighted by molar-refractivity contribution is 0.0697. The predicted octanol–water partition coefficient (Wildman–Crippen LogP) is 2.99. The Balaban J connectivity index is 2.23. The van der Waals surface area contributed by atoms with Crippen LogP contribution in [0.5, 0.6) is 0 Å². The number of aromatic nitrogens is 4. The summed E-state index contributed by atoms with van der Waals surface area (Å²) in [6, 6.07) is 10.5. The molecule has 0 amide bonds. The molecule has 0 spiro atoms. The quantitative estimate of drug-likeness (QED) is 0.803. The van der Waals surface area contributed by atoms with Crippen molar-refractivity contribution in [2.45, 2.75) is 6.92 Å². The van der Waals surface area contributed by atoms with E-state index in [-0.39, 0.29) is 5.56 Å². The van der Waals surface area contributed by atoms with Crippen molar-refractivity contribution in [3.63, 3.8) is 0 Å². The largest absolute Gasteiger partial charge is 0.478 e. The molecule has 0 saturated carbocycles. The molecule has 0 aliphatic rings. The first-order valence-electron chi connectivity index (χ1n) is 6.43. The number of hydrogen-bond acceptors (Lipinski definition) is 4. The number of rotatable bonds is 3. The summed E-state index contributed by atoms with van der Waals surface area (Å²) in [5.74, 6) is -1.03. The van der Waals surface area contributed by atoms with Crippen LogP contribution in [-0.2, 0) is 0 Å². The second kappa shape index (κ2) is 5.57. The van der Waals surface area contributed by atoms with Crippen LogP contribution in [0, 0.1) is 6.92 Å². The molecule has 0 saturated heterocycles. The van der Waals surface area contributed by atoms with Crippen LogP contribution in [0.2, 0.25) is 5.02 Å². The lowest BCUT2D eigenvalue weighted by Crippen LogP contribution is -2.02. The van der Waals surface area contributed by atoms with Crippen molar-refractivity contribution >= 4 is 17.6 Å². The minimum absolute atomic E-state index is 0.139. The molecule has 3 aromatic rings. The zero-order valence-electron chi connectivity index (χ0n) is 11.6. The van der Waals surface area contributed by atoms with Crippen LogP contribution in [0.3, 0.4) is 0 Å². The number of carboxylic acid groups (broad SMARTS) is 1. The normalized spacial score (nSPS) is 10.6. The molecule has 0 atom stereocenters. The molecule has 0 radical (unpaired) electrons. The SMILES string of the molecule is Cc1cccc(-c2cc(C(=O)O)cc(-n3cnnn3)c2)c1Cl. The fraction of sp³-hybridized carbons (Fsp3) is 0.0667. The van der Waals surface area contributed by atoms with E-state index in [1.165, 1.54) is 17.1 Å². The summed E-state index contributed by atoms with van der Waals surface area (Å²) in [5.41, 5.74) is 3.07. The van der Waals surface area contributed by atoms with Gasteiger partial charge in [-0.2, -0.15) is 0 Å². The van der Waals surface area contributed by atoms with Crippen molar-refractivity contribution in [2.75, 3.05) is 0 Å². The van der Waals surface area contributed by atoms with E-state index in [2.05, 4.69) is 15.5 Å². The van der Waals surface area contributed by atoms with Gasteiger partial charge in [-0.05, 0) is 46.7 Å². The molecule has 0 fully saturated rings. The van der Waals surface area contributed by atoms with E-state index >= 15 is 0 Å². The van der Waals surface area contributed by atoms with Crippen molar-refractivity contribution in [2.24, 2.45) is 0 Å². The molecule has 3 rings (SSSR count). The summed E-state index contributed by atoms with van der Waals surface area (Å²) in [4.78, 5) is 11.4. The van der Waals surface area contributed by atoms with Crippen molar-refractivity contribution < 1.29 is 9.90 Å². The predicted molar refractivity (Wildman–Crippen MR) is 81.3 cm³/mol. The third kappa shape index (κ3) is 2.56. The Kier molecular flexibility index (Phi) is 3.60. The van der Waals surface area contributed by atoms with E-state index < -0.39 is 5.97 Å². The average Bonchev–Trinajstić information content (AvgIpc) is 3.04. The topological polar surface area (TPSA) is 80.9 Å². The lowest BCUT2D eigenvalue weighted by atomic mass is 10.00. The van der Waals surface area contributed by atoms with Gasteiger partial charge in [0.1, 0.15) is 6.33 Å². The van der Waals surface area contributed by atoms with E-state index in [1.54, 1.807) is 12.1 Å². The highest BCUT2D eigenvalue weighted by molar-refractivity contribution is 6.34. The average molecular weight is 315 g/mol. The maximum absolute atomic E-state index is 11.4. The van der Waals surface area contributed by atoms with Gasteiger partial charge in [0.05, 0.1) is 16.3 Å². The van der Waals surface area contributed by atoms with Crippen LogP contribution < -0.4 is 0 Å². The Hall–Kier alpha value is -2.73. The van der Waals surface area contributed by atoms with Gasteiger partial charge in [-0.15, -0.1) is 5.10 Å². The highest BCUT2D eigenvalue weighted by Gasteiger charge is 2.13.